The molecule has 22 heavy (non-hydrogen) atoms. The van der Waals surface area contributed by atoms with E-state index in [9.17, 15) is 20.1 Å². The number of carbonyl (C=O) groups excluding carboxylic acids is 1. The van der Waals surface area contributed by atoms with Crippen LogP contribution in [0.25, 0.3) is 0 Å². The highest BCUT2D eigenvalue weighted by atomic mass is 16.3. The molecule has 0 unspecified atom stereocenters. The Labute approximate surface area is 131 Å². The summed E-state index contributed by atoms with van der Waals surface area (Å²) in [4.78, 5) is 12.6. The maximum atomic E-state index is 12.6. The topological polar surface area (TPSA) is 77.8 Å². The number of rotatable bonds is 4. The number of aromatic hydroxyl groups is 3. The first-order valence-electron chi connectivity index (χ1n) is 7.86. The fraction of sp³-hybridized carbons (Fsp3) is 0.500. The summed E-state index contributed by atoms with van der Waals surface area (Å²) in [5.74, 6) is -1.18. The SMILES string of the molecule is CC(C)=CCc1c(O)cc(O)c(C(=O)C2CCCCC2)c1O. The van der Waals surface area contributed by atoms with Crippen LogP contribution in [0.4, 0.5) is 0 Å². The van der Waals surface area contributed by atoms with E-state index in [1.54, 1.807) is 0 Å². The number of carbonyl (C=O) groups is 1. The first-order chi connectivity index (χ1) is 10.4. The third-order valence-electron chi connectivity index (χ3n) is 4.30. The minimum atomic E-state index is -0.341. The summed E-state index contributed by atoms with van der Waals surface area (Å²) in [6.07, 6.45) is 6.90. The van der Waals surface area contributed by atoms with Gasteiger partial charge >= 0.3 is 0 Å². The van der Waals surface area contributed by atoms with Crippen molar-refractivity contribution in [2.75, 3.05) is 0 Å². The molecule has 0 aliphatic heterocycles. The van der Waals surface area contributed by atoms with E-state index < -0.39 is 0 Å². The summed E-state index contributed by atoms with van der Waals surface area (Å²) in [5, 5.41) is 30.4. The van der Waals surface area contributed by atoms with Gasteiger partial charge in [0.05, 0.1) is 0 Å². The summed E-state index contributed by atoms with van der Waals surface area (Å²) in [7, 11) is 0. The van der Waals surface area contributed by atoms with Gasteiger partial charge in [0, 0.05) is 17.5 Å². The number of phenolic OH excluding ortho intramolecular Hbond substituents is 3. The Morgan fingerprint density at radius 2 is 1.77 bits per heavy atom. The van der Waals surface area contributed by atoms with Crippen LogP contribution in [-0.2, 0) is 6.42 Å². The van der Waals surface area contributed by atoms with Gasteiger partial charge in [-0.15, -0.1) is 0 Å². The van der Waals surface area contributed by atoms with Crippen molar-refractivity contribution in [2.45, 2.75) is 52.4 Å². The van der Waals surface area contributed by atoms with Gasteiger partial charge in [0.25, 0.3) is 0 Å². The van der Waals surface area contributed by atoms with Crippen molar-refractivity contribution >= 4 is 5.78 Å². The van der Waals surface area contributed by atoms with E-state index >= 15 is 0 Å². The molecule has 0 aromatic heterocycles. The Morgan fingerprint density at radius 3 is 2.36 bits per heavy atom. The van der Waals surface area contributed by atoms with Crippen LogP contribution in [0.1, 0.15) is 61.9 Å². The van der Waals surface area contributed by atoms with Gasteiger partial charge in [0.2, 0.25) is 0 Å². The molecule has 1 saturated carbocycles. The van der Waals surface area contributed by atoms with Crippen molar-refractivity contribution in [3.05, 3.63) is 28.8 Å². The maximum absolute atomic E-state index is 12.6. The van der Waals surface area contributed by atoms with E-state index in [2.05, 4.69) is 0 Å². The Morgan fingerprint density at radius 1 is 1.14 bits per heavy atom. The molecule has 0 atom stereocenters. The predicted molar refractivity (Wildman–Crippen MR) is 85.5 cm³/mol. The van der Waals surface area contributed by atoms with Crippen molar-refractivity contribution in [3.8, 4) is 17.2 Å². The molecular formula is C18H24O4. The molecule has 0 heterocycles. The highest BCUT2D eigenvalue weighted by molar-refractivity contribution is 6.03. The Bertz CT molecular complexity index is 592. The van der Waals surface area contributed by atoms with Gasteiger partial charge in [-0.3, -0.25) is 4.79 Å². The average molecular weight is 304 g/mol. The second kappa shape index (κ2) is 6.86. The molecule has 0 radical (unpaired) electrons. The van der Waals surface area contributed by atoms with E-state index in [1.165, 1.54) is 0 Å². The third-order valence-corrected chi connectivity index (χ3v) is 4.30. The molecule has 1 aromatic rings. The lowest BCUT2D eigenvalue weighted by Crippen LogP contribution is -2.18. The number of benzene rings is 1. The monoisotopic (exact) mass is 304 g/mol. The molecule has 0 spiro atoms. The highest BCUT2D eigenvalue weighted by Crippen LogP contribution is 2.41. The lowest BCUT2D eigenvalue weighted by Gasteiger charge is -2.22. The zero-order chi connectivity index (χ0) is 16.3. The van der Waals surface area contributed by atoms with Gasteiger partial charge in [0.15, 0.2) is 5.78 Å². The lowest BCUT2D eigenvalue weighted by molar-refractivity contribution is 0.0883. The zero-order valence-corrected chi connectivity index (χ0v) is 13.2. The van der Waals surface area contributed by atoms with Crippen molar-refractivity contribution in [3.63, 3.8) is 0 Å². The Kier molecular flexibility index (Phi) is 5.11. The van der Waals surface area contributed by atoms with E-state index in [0.29, 0.717) is 6.42 Å². The van der Waals surface area contributed by atoms with Crippen molar-refractivity contribution in [1.82, 2.24) is 0 Å². The molecule has 3 N–H and O–H groups in total. The molecule has 120 valence electrons. The van der Waals surface area contributed by atoms with Crippen molar-refractivity contribution in [1.29, 1.82) is 0 Å². The molecular weight excluding hydrogens is 280 g/mol. The van der Waals surface area contributed by atoms with Gasteiger partial charge < -0.3 is 15.3 Å². The van der Waals surface area contributed by atoms with Crippen LogP contribution in [0.3, 0.4) is 0 Å². The molecule has 1 aliphatic carbocycles. The van der Waals surface area contributed by atoms with Crippen molar-refractivity contribution < 1.29 is 20.1 Å². The number of Topliss-reactive ketones (excluding diaryl/α,β-unsaturated/α-hetero) is 1. The number of hydrogen-bond donors (Lipinski definition) is 3. The standard InChI is InChI=1S/C18H24O4/c1-11(2)8-9-13-14(19)10-15(20)16(18(13)22)17(21)12-6-4-3-5-7-12/h8,10,12,19-20,22H,3-7,9H2,1-2H3. The molecule has 0 saturated heterocycles. The predicted octanol–water partition coefficient (Wildman–Crippen LogP) is 4.08. The normalized spacial score (nSPS) is 15.5. The number of phenols is 3. The first kappa shape index (κ1) is 16.4. The van der Waals surface area contributed by atoms with E-state index in [4.69, 9.17) is 0 Å². The third kappa shape index (κ3) is 3.43. The Balaban J connectivity index is 2.39. The average Bonchev–Trinajstić information content (AvgIpc) is 2.47. The van der Waals surface area contributed by atoms with Crippen LogP contribution in [0, 0.1) is 5.92 Å². The van der Waals surface area contributed by atoms with Gasteiger partial charge in [-0.25, -0.2) is 0 Å². The van der Waals surface area contributed by atoms with E-state index in [0.717, 1.165) is 43.7 Å². The summed E-state index contributed by atoms with van der Waals surface area (Å²) < 4.78 is 0. The van der Waals surface area contributed by atoms with Gasteiger partial charge in [-0.2, -0.15) is 0 Å². The van der Waals surface area contributed by atoms with Crippen LogP contribution in [0.5, 0.6) is 17.2 Å². The maximum Gasteiger partial charge on any atom is 0.173 e. The molecule has 0 bridgehead atoms. The second-order valence-electron chi connectivity index (χ2n) is 6.30. The van der Waals surface area contributed by atoms with E-state index in [1.807, 2.05) is 19.9 Å². The Hall–Kier alpha value is -1.97. The minimum Gasteiger partial charge on any atom is -0.507 e. The van der Waals surface area contributed by atoms with Crippen LogP contribution in [0.2, 0.25) is 0 Å². The molecule has 4 heteroatoms. The van der Waals surface area contributed by atoms with Gasteiger partial charge in [-0.05, 0) is 33.1 Å². The minimum absolute atomic E-state index is 0.0399. The largest absolute Gasteiger partial charge is 0.507 e. The molecule has 1 aliphatic rings. The second-order valence-corrected chi connectivity index (χ2v) is 6.30. The quantitative estimate of drug-likeness (QED) is 0.578. The number of ketones is 1. The molecule has 2 rings (SSSR count). The summed E-state index contributed by atoms with van der Waals surface area (Å²) in [5.41, 5.74) is 1.30. The summed E-state index contributed by atoms with van der Waals surface area (Å²) >= 11 is 0. The number of allylic oxidation sites excluding steroid dienone is 2. The van der Waals surface area contributed by atoms with Gasteiger partial charge in [0.1, 0.15) is 22.8 Å². The first-order valence-corrected chi connectivity index (χ1v) is 7.86. The summed E-state index contributed by atoms with van der Waals surface area (Å²) in [6.45, 7) is 3.84. The fourth-order valence-electron chi connectivity index (χ4n) is 3.00. The molecule has 1 fully saturated rings. The van der Waals surface area contributed by atoms with Crippen LogP contribution < -0.4 is 0 Å². The van der Waals surface area contributed by atoms with E-state index in [-0.39, 0.29) is 40.1 Å². The molecule has 1 aromatic carbocycles. The van der Waals surface area contributed by atoms with Crippen LogP contribution in [-0.4, -0.2) is 21.1 Å². The molecule has 0 amide bonds. The van der Waals surface area contributed by atoms with Crippen LogP contribution in [0.15, 0.2) is 17.7 Å². The highest BCUT2D eigenvalue weighted by Gasteiger charge is 2.29. The molecule has 4 nitrogen and oxygen atoms in total. The van der Waals surface area contributed by atoms with Crippen molar-refractivity contribution in [2.24, 2.45) is 5.92 Å². The lowest BCUT2D eigenvalue weighted by atomic mass is 9.83. The smallest absolute Gasteiger partial charge is 0.173 e. The summed E-state index contributed by atoms with van der Waals surface area (Å²) in [6, 6.07) is 1.16. The zero-order valence-electron chi connectivity index (χ0n) is 13.2. The fourth-order valence-corrected chi connectivity index (χ4v) is 3.00. The number of hydrogen-bond acceptors (Lipinski definition) is 4. The van der Waals surface area contributed by atoms with Crippen LogP contribution >= 0.6 is 0 Å². The van der Waals surface area contributed by atoms with Gasteiger partial charge in [-0.1, -0.05) is 30.9 Å².